The molecule has 122 valence electrons. The van der Waals surface area contributed by atoms with Gasteiger partial charge >= 0.3 is 0 Å². The van der Waals surface area contributed by atoms with Crippen LogP contribution in [0.5, 0.6) is 0 Å². The van der Waals surface area contributed by atoms with Crippen LogP contribution in [-0.2, 0) is 21.4 Å². The number of hydrogen-bond acceptors (Lipinski definition) is 3. The van der Waals surface area contributed by atoms with E-state index < -0.39 is 21.9 Å². The van der Waals surface area contributed by atoms with Crippen LogP contribution in [0.15, 0.2) is 18.2 Å². The number of carbonyl (C=O) groups is 1. The molecule has 0 unspecified atom stereocenters. The van der Waals surface area contributed by atoms with E-state index in [-0.39, 0.29) is 29.8 Å². The maximum absolute atomic E-state index is 13.0. The highest BCUT2D eigenvalue weighted by atomic mass is 35.5. The summed E-state index contributed by atoms with van der Waals surface area (Å²) in [5, 5.41) is 2.90. The van der Waals surface area contributed by atoms with E-state index in [1.165, 1.54) is 22.5 Å². The number of rotatable bonds is 4. The summed E-state index contributed by atoms with van der Waals surface area (Å²) in [7, 11) is -3.37. The topological polar surface area (TPSA) is 66.5 Å². The van der Waals surface area contributed by atoms with Gasteiger partial charge in [0.1, 0.15) is 11.9 Å². The van der Waals surface area contributed by atoms with E-state index in [2.05, 4.69) is 5.32 Å². The summed E-state index contributed by atoms with van der Waals surface area (Å²) in [6.45, 7) is 2.10. The van der Waals surface area contributed by atoms with Crippen molar-refractivity contribution >= 4 is 27.5 Å². The fourth-order valence-corrected chi connectivity index (χ4v) is 4.54. The van der Waals surface area contributed by atoms with Crippen LogP contribution >= 0.6 is 11.6 Å². The predicted molar refractivity (Wildman–Crippen MR) is 82.4 cm³/mol. The monoisotopic (exact) mass is 348 g/mol. The molecule has 0 saturated carbocycles. The van der Waals surface area contributed by atoms with Gasteiger partial charge in [-0.25, -0.2) is 12.8 Å². The molecular formula is C14H18ClFN2O3S. The average molecular weight is 349 g/mol. The highest BCUT2D eigenvalue weighted by Gasteiger charge is 2.36. The largest absolute Gasteiger partial charge is 0.351 e. The van der Waals surface area contributed by atoms with E-state index in [4.69, 9.17) is 11.6 Å². The van der Waals surface area contributed by atoms with Crippen LogP contribution in [0.2, 0.25) is 5.02 Å². The minimum absolute atomic E-state index is 0.0778. The van der Waals surface area contributed by atoms with Crippen molar-refractivity contribution in [3.8, 4) is 0 Å². The summed E-state index contributed by atoms with van der Waals surface area (Å²) in [5.74, 6) is -0.727. The van der Waals surface area contributed by atoms with Gasteiger partial charge in [-0.3, -0.25) is 4.79 Å². The zero-order chi connectivity index (χ0) is 16.3. The van der Waals surface area contributed by atoms with Gasteiger partial charge in [-0.05, 0) is 30.5 Å². The normalized spacial score (nSPS) is 21.5. The van der Waals surface area contributed by atoms with Gasteiger partial charge in [0, 0.05) is 18.1 Å². The number of likely N-dealkylation sites (N-methyl/N-ethyl adjacent to an activating group) is 1. The maximum Gasteiger partial charge on any atom is 0.238 e. The first-order chi connectivity index (χ1) is 10.3. The van der Waals surface area contributed by atoms with Crippen molar-refractivity contribution in [1.82, 2.24) is 9.62 Å². The average Bonchev–Trinajstić information content (AvgIpc) is 2.44. The Morgan fingerprint density at radius 2 is 2.23 bits per heavy atom. The van der Waals surface area contributed by atoms with E-state index in [0.717, 1.165) is 0 Å². The second-order valence-corrected chi connectivity index (χ2v) is 7.58. The SMILES string of the molecule is CCN1[C@H](C(=O)NCc2ccc(F)cc2Cl)CCCS1(=O)=O. The molecule has 0 aliphatic carbocycles. The van der Waals surface area contributed by atoms with Crippen molar-refractivity contribution in [2.45, 2.75) is 32.4 Å². The maximum atomic E-state index is 13.0. The van der Waals surface area contributed by atoms with Crippen molar-refractivity contribution in [2.24, 2.45) is 0 Å². The lowest BCUT2D eigenvalue weighted by Crippen LogP contribution is -2.52. The Morgan fingerprint density at radius 1 is 1.50 bits per heavy atom. The molecular weight excluding hydrogens is 331 g/mol. The lowest BCUT2D eigenvalue weighted by atomic mass is 10.1. The van der Waals surface area contributed by atoms with Crippen LogP contribution in [0.25, 0.3) is 0 Å². The third-order valence-corrected chi connectivity index (χ3v) is 6.05. The summed E-state index contributed by atoms with van der Waals surface area (Å²) in [4.78, 5) is 12.3. The molecule has 22 heavy (non-hydrogen) atoms. The van der Waals surface area contributed by atoms with Crippen molar-refractivity contribution < 1.29 is 17.6 Å². The summed E-state index contributed by atoms with van der Waals surface area (Å²) in [6.07, 6.45) is 0.963. The van der Waals surface area contributed by atoms with Crippen LogP contribution in [0.3, 0.4) is 0 Å². The number of halogens is 2. The molecule has 1 aromatic rings. The molecule has 0 bridgehead atoms. The number of benzene rings is 1. The van der Waals surface area contributed by atoms with E-state index in [9.17, 15) is 17.6 Å². The molecule has 1 N–H and O–H groups in total. The molecule has 1 saturated heterocycles. The van der Waals surface area contributed by atoms with Gasteiger partial charge < -0.3 is 5.32 Å². The smallest absolute Gasteiger partial charge is 0.238 e. The fraction of sp³-hybridized carbons (Fsp3) is 0.500. The van der Waals surface area contributed by atoms with Crippen molar-refractivity contribution in [2.75, 3.05) is 12.3 Å². The molecule has 1 aliphatic rings. The Hall–Kier alpha value is -1.18. The van der Waals surface area contributed by atoms with Crippen LogP contribution in [0.1, 0.15) is 25.3 Å². The van der Waals surface area contributed by atoms with Gasteiger partial charge in [-0.15, -0.1) is 0 Å². The molecule has 0 radical (unpaired) electrons. The Kier molecular flexibility index (Phi) is 5.41. The lowest BCUT2D eigenvalue weighted by molar-refractivity contribution is -0.125. The molecule has 1 fully saturated rings. The van der Waals surface area contributed by atoms with Gasteiger partial charge in [-0.2, -0.15) is 4.31 Å². The molecule has 2 rings (SSSR count). The third-order valence-electron chi connectivity index (χ3n) is 3.67. The number of carbonyl (C=O) groups excluding carboxylic acids is 1. The molecule has 1 atom stereocenters. The molecule has 1 heterocycles. The number of nitrogens with zero attached hydrogens (tertiary/aromatic N) is 1. The molecule has 8 heteroatoms. The summed E-state index contributed by atoms with van der Waals surface area (Å²) >= 11 is 5.90. The summed E-state index contributed by atoms with van der Waals surface area (Å²) in [6, 6.07) is 3.24. The first-order valence-electron chi connectivity index (χ1n) is 7.06. The standard InChI is InChI=1S/C14H18ClFN2O3S/c1-2-18-13(4-3-7-22(18,20)21)14(19)17-9-10-5-6-11(16)8-12(10)15/h5-6,8,13H,2-4,7,9H2,1H3,(H,17,19)/t13-/m0/s1. The number of sulfonamides is 1. The van der Waals surface area contributed by atoms with Gasteiger partial charge in [0.15, 0.2) is 0 Å². The first kappa shape index (κ1) is 17.2. The van der Waals surface area contributed by atoms with Crippen LogP contribution in [-0.4, -0.2) is 37.0 Å². The van der Waals surface area contributed by atoms with Crippen molar-refractivity contribution in [1.29, 1.82) is 0 Å². The molecule has 5 nitrogen and oxygen atoms in total. The van der Waals surface area contributed by atoms with E-state index in [1.807, 2.05) is 0 Å². The fourth-order valence-electron chi connectivity index (χ4n) is 2.56. The summed E-state index contributed by atoms with van der Waals surface area (Å²) < 4.78 is 38.2. The van der Waals surface area contributed by atoms with Gasteiger partial charge in [0.2, 0.25) is 15.9 Å². The van der Waals surface area contributed by atoms with Gasteiger partial charge in [-0.1, -0.05) is 24.6 Å². The molecule has 1 amide bonds. The number of nitrogens with one attached hydrogen (secondary N) is 1. The van der Waals surface area contributed by atoms with E-state index in [1.54, 1.807) is 6.92 Å². The predicted octanol–water partition coefficient (Wildman–Crippen LogP) is 1.91. The quantitative estimate of drug-likeness (QED) is 0.903. The molecule has 0 aromatic heterocycles. The molecule has 0 spiro atoms. The highest BCUT2D eigenvalue weighted by Crippen LogP contribution is 2.21. The Labute approximate surface area is 134 Å². The Balaban J connectivity index is 2.05. The Bertz CT molecular complexity index is 666. The van der Waals surface area contributed by atoms with Crippen LogP contribution in [0, 0.1) is 5.82 Å². The van der Waals surface area contributed by atoms with Gasteiger partial charge in [0.25, 0.3) is 0 Å². The zero-order valence-electron chi connectivity index (χ0n) is 12.2. The third kappa shape index (κ3) is 3.77. The first-order valence-corrected chi connectivity index (χ1v) is 9.05. The number of hydrogen-bond donors (Lipinski definition) is 1. The molecule has 1 aliphatic heterocycles. The number of amides is 1. The minimum atomic E-state index is -3.37. The van der Waals surface area contributed by atoms with Crippen LogP contribution in [0.4, 0.5) is 4.39 Å². The van der Waals surface area contributed by atoms with Crippen molar-refractivity contribution in [3.05, 3.63) is 34.6 Å². The second kappa shape index (κ2) is 6.93. The summed E-state index contributed by atoms with van der Waals surface area (Å²) in [5.41, 5.74) is 0.582. The van der Waals surface area contributed by atoms with E-state index in [0.29, 0.717) is 18.4 Å². The molecule has 1 aromatic carbocycles. The Morgan fingerprint density at radius 3 is 2.86 bits per heavy atom. The highest BCUT2D eigenvalue weighted by molar-refractivity contribution is 7.89. The van der Waals surface area contributed by atoms with Crippen molar-refractivity contribution in [3.63, 3.8) is 0 Å². The van der Waals surface area contributed by atoms with Crippen LogP contribution < -0.4 is 5.32 Å². The second-order valence-electron chi connectivity index (χ2n) is 5.13. The zero-order valence-corrected chi connectivity index (χ0v) is 13.8. The van der Waals surface area contributed by atoms with E-state index >= 15 is 0 Å². The van der Waals surface area contributed by atoms with Gasteiger partial charge in [0.05, 0.1) is 5.75 Å². The minimum Gasteiger partial charge on any atom is -0.351 e. The lowest BCUT2D eigenvalue weighted by Gasteiger charge is -2.32.